The Morgan fingerprint density at radius 2 is 1.55 bits per heavy atom. The Hall–Kier alpha value is -0.820. The van der Waals surface area contributed by atoms with Crippen LogP contribution in [0, 0.1) is 44.4 Å². The topological polar surface area (TPSA) is 12.0 Å². The second-order valence-corrected chi connectivity index (χ2v) is 7.70. The van der Waals surface area contributed by atoms with Crippen LogP contribution in [0.3, 0.4) is 0 Å². The molecule has 2 bridgehead atoms. The molecule has 1 aromatic rings. The van der Waals surface area contributed by atoms with Crippen LogP contribution in [0.4, 0.5) is 0 Å². The van der Waals surface area contributed by atoms with Crippen LogP contribution in [0.15, 0.2) is 12.1 Å². The van der Waals surface area contributed by atoms with Gasteiger partial charge in [0.05, 0.1) is 0 Å². The average molecular weight is 269 g/mol. The quantitative estimate of drug-likeness (QED) is 0.862. The molecule has 1 aromatic carbocycles. The molecule has 3 saturated carbocycles. The van der Waals surface area contributed by atoms with Crippen molar-refractivity contribution in [3.05, 3.63) is 34.4 Å². The number of rotatable bonds is 3. The Morgan fingerprint density at radius 3 is 2.20 bits per heavy atom. The summed E-state index contributed by atoms with van der Waals surface area (Å²) in [6.07, 6.45) is 4.58. The van der Waals surface area contributed by atoms with Crippen molar-refractivity contribution in [1.29, 1.82) is 0 Å². The highest BCUT2D eigenvalue weighted by Gasteiger charge is 2.64. The summed E-state index contributed by atoms with van der Waals surface area (Å²) in [4.78, 5) is 0. The van der Waals surface area contributed by atoms with E-state index in [1.165, 1.54) is 35.1 Å². The van der Waals surface area contributed by atoms with Gasteiger partial charge in [-0.15, -0.1) is 0 Å². The van der Waals surface area contributed by atoms with Gasteiger partial charge in [-0.1, -0.05) is 12.1 Å². The van der Waals surface area contributed by atoms with Gasteiger partial charge in [-0.25, -0.2) is 0 Å². The fourth-order valence-corrected chi connectivity index (χ4v) is 5.38. The van der Waals surface area contributed by atoms with Gasteiger partial charge in [-0.3, -0.25) is 0 Å². The Balaban J connectivity index is 1.49. The summed E-state index contributed by atoms with van der Waals surface area (Å²) < 4.78 is 0. The van der Waals surface area contributed by atoms with Crippen LogP contribution in [0.1, 0.15) is 54.5 Å². The molecule has 3 aliphatic rings. The van der Waals surface area contributed by atoms with Gasteiger partial charge in [0, 0.05) is 12.1 Å². The molecule has 0 saturated heterocycles. The molecule has 1 heteroatoms. The fraction of sp³-hybridized carbons (Fsp3) is 0.684. The first-order chi connectivity index (χ1) is 9.56. The lowest BCUT2D eigenvalue weighted by molar-refractivity contribution is 0.432. The molecule has 1 N–H and O–H groups in total. The van der Waals surface area contributed by atoms with Crippen LogP contribution in [0.25, 0.3) is 0 Å². The highest BCUT2D eigenvalue weighted by Crippen LogP contribution is 2.65. The molecule has 0 aromatic heterocycles. The van der Waals surface area contributed by atoms with Gasteiger partial charge in [0.25, 0.3) is 0 Å². The highest BCUT2D eigenvalue weighted by atomic mass is 15.0. The minimum absolute atomic E-state index is 0.504. The van der Waals surface area contributed by atoms with Crippen molar-refractivity contribution in [2.45, 2.75) is 59.0 Å². The molecule has 0 aliphatic heterocycles. The van der Waals surface area contributed by atoms with E-state index in [0.717, 1.165) is 29.7 Å². The van der Waals surface area contributed by atoms with Crippen LogP contribution in [0.2, 0.25) is 0 Å². The molecule has 0 spiro atoms. The Morgan fingerprint density at radius 1 is 0.950 bits per heavy atom. The number of hydrogen-bond acceptors (Lipinski definition) is 1. The van der Waals surface area contributed by atoms with Crippen LogP contribution in [-0.4, -0.2) is 6.04 Å². The second kappa shape index (κ2) is 4.34. The molecule has 5 unspecified atom stereocenters. The first-order valence-corrected chi connectivity index (χ1v) is 8.40. The SMILES string of the molecule is Cc1cc(C)c(C(C)NC2C3C4CCC(C4)C23)cc1C. The van der Waals surface area contributed by atoms with Gasteiger partial charge in [-0.2, -0.15) is 0 Å². The second-order valence-electron chi connectivity index (χ2n) is 7.70. The lowest BCUT2D eigenvalue weighted by Crippen LogP contribution is -2.26. The Kier molecular flexibility index (Phi) is 2.79. The zero-order chi connectivity index (χ0) is 14.0. The zero-order valence-electron chi connectivity index (χ0n) is 13.2. The number of aryl methyl sites for hydroxylation is 3. The standard InChI is InChI=1S/C19H27N/c1-10-7-12(3)16(8-11(10)2)13(4)20-19-17-14-5-6-15(9-14)18(17)19/h7-8,13-15,17-20H,5-6,9H2,1-4H3. The summed E-state index contributed by atoms with van der Waals surface area (Å²) >= 11 is 0. The van der Waals surface area contributed by atoms with E-state index in [4.69, 9.17) is 0 Å². The fourth-order valence-electron chi connectivity index (χ4n) is 5.38. The first kappa shape index (κ1) is 12.9. The summed E-state index contributed by atoms with van der Waals surface area (Å²) in [5.74, 6) is 4.19. The summed E-state index contributed by atoms with van der Waals surface area (Å²) in [5, 5.41) is 3.96. The lowest BCUT2D eigenvalue weighted by Gasteiger charge is -2.20. The normalized spacial score (nSPS) is 38.9. The molecule has 3 aliphatic carbocycles. The maximum Gasteiger partial charge on any atom is 0.0297 e. The lowest BCUT2D eigenvalue weighted by atomic mass is 9.96. The van der Waals surface area contributed by atoms with Crippen LogP contribution in [-0.2, 0) is 0 Å². The van der Waals surface area contributed by atoms with Gasteiger partial charge in [0.2, 0.25) is 0 Å². The zero-order valence-corrected chi connectivity index (χ0v) is 13.2. The molecule has 0 radical (unpaired) electrons. The molecule has 0 heterocycles. The van der Waals surface area contributed by atoms with E-state index in [1.54, 1.807) is 6.42 Å². The smallest absolute Gasteiger partial charge is 0.0297 e. The molecule has 3 fully saturated rings. The van der Waals surface area contributed by atoms with Crippen molar-refractivity contribution in [2.75, 3.05) is 0 Å². The van der Waals surface area contributed by atoms with Crippen LogP contribution >= 0.6 is 0 Å². The Labute approximate surface area is 123 Å². The predicted octanol–water partition coefficient (Wildman–Crippen LogP) is 4.31. The Bertz CT molecular complexity index is 531. The van der Waals surface area contributed by atoms with Gasteiger partial charge >= 0.3 is 0 Å². The van der Waals surface area contributed by atoms with E-state index >= 15 is 0 Å². The summed E-state index contributed by atoms with van der Waals surface area (Å²) in [6, 6.07) is 6.08. The monoisotopic (exact) mass is 269 g/mol. The third kappa shape index (κ3) is 1.79. The number of benzene rings is 1. The summed E-state index contributed by atoms with van der Waals surface area (Å²) in [7, 11) is 0. The molecule has 0 amide bonds. The van der Waals surface area contributed by atoms with Crippen molar-refractivity contribution in [3.8, 4) is 0 Å². The molecule has 5 atom stereocenters. The van der Waals surface area contributed by atoms with E-state index in [0.29, 0.717) is 6.04 Å². The number of hydrogen-bond donors (Lipinski definition) is 1. The van der Waals surface area contributed by atoms with Crippen LogP contribution < -0.4 is 5.32 Å². The first-order valence-electron chi connectivity index (χ1n) is 8.40. The molecule has 4 rings (SSSR count). The van der Waals surface area contributed by atoms with E-state index < -0.39 is 0 Å². The number of nitrogens with one attached hydrogen (secondary N) is 1. The average Bonchev–Trinajstić information content (AvgIpc) is 2.82. The third-order valence-corrected chi connectivity index (χ3v) is 6.53. The summed E-state index contributed by atoms with van der Waals surface area (Å²) in [5.41, 5.74) is 5.79. The molecular weight excluding hydrogens is 242 g/mol. The van der Waals surface area contributed by atoms with Gasteiger partial charge < -0.3 is 5.32 Å². The van der Waals surface area contributed by atoms with Gasteiger partial charge in [-0.05, 0) is 92.9 Å². The van der Waals surface area contributed by atoms with E-state index in [-0.39, 0.29) is 0 Å². The van der Waals surface area contributed by atoms with Crippen molar-refractivity contribution in [3.63, 3.8) is 0 Å². The maximum atomic E-state index is 3.96. The molecular formula is C19H27N. The van der Waals surface area contributed by atoms with Gasteiger partial charge in [0.1, 0.15) is 0 Å². The van der Waals surface area contributed by atoms with E-state index in [1.807, 2.05) is 0 Å². The van der Waals surface area contributed by atoms with Crippen molar-refractivity contribution in [2.24, 2.45) is 23.7 Å². The largest absolute Gasteiger partial charge is 0.307 e. The van der Waals surface area contributed by atoms with Gasteiger partial charge in [0.15, 0.2) is 0 Å². The minimum Gasteiger partial charge on any atom is -0.307 e. The summed E-state index contributed by atoms with van der Waals surface area (Å²) in [6.45, 7) is 9.06. The third-order valence-electron chi connectivity index (χ3n) is 6.53. The number of fused-ring (bicyclic) bond motifs is 5. The van der Waals surface area contributed by atoms with Crippen LogP contribution in [0.5, 0.6) is 0 Å². The molecule has 20 heavy (non-hydrogen) atoms. The predicted molar refractivity (Wildman–Crippen MR) is 83.8 cm³/mol. The minimum atomic E-state index is 0.504. The molecule has 108 valence electrons. The highest BCUT2D eigenvalue weighted by molar-refractivity contribution is 5.38. The van der Waals surface area contributed by atoms with E-state index in [9.17, 15) is 0 Å². The van der Waals surface area contributed by atoms with Crippen molar-refractivity contribution < 1.29 is 0 Å². The van der Waals surface area contributed by atoms with Crippen molar-refractivity contribution >= 4 is 0 Å². The van der Waals surface area contributed by atoms with E-state index in [2.05, 4.69) is 45.1 Å². The maximum absolute atomic E-state index is 3.96. The molecule has 1 nitrogen and oxygen atoms in total. The van der Waals surface area contributed by atoms with Crippen molar-refractivity contribution in [1.82, 2.24) is 5.32 Å².